The van der Waals surface area contributed by atoms with Gasteiger partial charge in [0.1, 0.15) is 0 Å². The largest absolute Gasteiger partial charge is 0.481 e. The molecule has 0 aliphatic heterocycles. The molecule has 0 saturated heterocycles. The minimum absolute atomic E-state index is 0.0155. The Labute approximate surface area is 120 Å². The van der Waals surface area contributed by atoms with E-state index in [0.29, 0.717) is 13.0 Å². The van der Waals surface area contributed by atoms with Crippen molar-refractivity contribution in [2.75, 3.05) is 6.54 Å². The number of hydrogen-bond acceptors (Lipinski definition) is 3. The van der Waals surface area contributed by atoms with Gasteiger partial charge in [-0.2, -0.15) is 0 Å². The van der Waals surface area contributed by atoms with E-state index >= 15 is 0 Å². The Bertz CT molecular complexity index is 366. The van der Waals surface area contributed by atoms with Gasteiger partial charge in [-0.15, -0.1) is 0 Å². The van der Waals surface area contributed by atoms with Gasteiger partial charge < -0.3 is 16.2 Å². The fourth-order valence-electron chi connectivity index (χ4n) is 3.67. The van der Waals surface area contributed by atoms with E-state index in [1.54, 1.807) is 0 Å². The van der Waals surface area contributed by atoms with Crippen LogP contribution in [0.4, 0.5) is 0 Å². The minimum Gasteiger partial charge on any atom is -0.481 e. The Kier molecular flexibility index (Phi) is 4.68. The molecule has 20 heavy (non-hydrogen) atoms. The fraction of sp³-hybridized carbons (Fsp3) is 0.867. The molecule has 2 aliphatic carbocycles. The molecule has 0 aromatic carbocycles. The highest BCUT2D eigenvalue weighted by molar-refractivity contribution is 5.79. The summed E-state index contributed by atoms with van der Waals surface area (Å²) in [5.74, 6) is -0.845. The summed E-state index contributed by atoms with van der Waals surface area (Å²) in [6, 6.07) is 0. The lowest BCUT2D eigenvalue weighted by molar-refractivity contribution is -0.140. The number of carboxylic acid groups (broad SMARTS) is 1. The molecular formula is C15H26N2O3. The van der Waals surface area contributed by atoms with E-state index in [9.17, 15) is 9.59 Å². The maximum absolute atomic E-state index is 12.3. The molecule has 114 valence electrons. The lowest BCUT2D eigenvalue weighted by Crippen LogP contribution is -2.53. The molecule has 2 saturated carbocycles. The van der Waals surface area contributed by atoms with Gasteiger partial charge in [0.05, 0.1) is 12.0 Å². The Morgan fingerprint density at radius 3 is 2.10 bits per heavy atom. The molecule has 5 heteroatoms. The second-order valence-corrected chi connectivity index (χ2v) is 6.69. The van der Waals surface area contributed by atoms with Crippen molar-refractivity contribution in [2.45, 2.75) is 69.7 Å². The number of rotatable bonds is 6. The number of hydrogen-bond donors (Lipinski definition) is 3. The molecule has 2 aliphatic rings. The highest BCUT2D eigenvalue weighted by Gasteiger charge is 2.41. The van der Waals surface area contributed by atoms with Crippen molar-refractivity contribution in [1.29, 1.82) is 0 Å². The zero-order valence-electron chi connectivity index (χ0n) is 12.1. The van der Waals surface area contributed by atoms with Crippen LogP contribution in [-0.4, -0.2) is 29.1 Å². The SMILES string of the molecule is NCC1(CC(=O)NC2(CC(=O)O)CCCCC2)CCC1. The summed E-state index contributed by atoms with van der Waals surface area (Å²) in [6.07, 6.45) is 8.34. The summed E-state index contributed by atoms with van der Waals surface area (Å²) in [6.45, 7) is 0.548. The maximum Gasteiger partial charge on any atom is 0.305 e. The zero-order valence-corrected chi connectivity index (χ0v) is 12.1. The number of nitrogens with one attached hydrogen (secondary N) is 1. The Hall–Kier alpha value is -1.10. The molecule has 0 atom stereocenters. The Morgan fingerprint density at radius 2 is 1.65 bits per heavy atom. The van der Waals surface area contributed by atoms with Gasteiger partial charge in [0.2, 0.25) is 5.91 Å². The lowest BCUT2D eigenvalue weighted by atomic mass is 9.66. The third-order valence-electron chi connectivity index (χ3n) is 5.09. The van der Waals surface area contributed by atoms with Gasteiger partial charge in [0, 0.05) is 6.42 Å². The third kappa shape index (κ3) is 3.51. The molecule has 1 amide bonds. The quantitative estimate of drug-likeness (QED) is 0.692. The summed E-state index contributed by atoms with van der Waals surface area (Å²) < 4.78 is 0. The third-order valence-corrected chi connectivity index (χ3v) is 5.09. The zero-order chi connectivity index (χ0) is 14.6. The van der Waals surface area contributed by atoms with E-state index in [2.05, 4.69) is 5.32 Å². The first-order valence-corrected chi connectivity index (χ1v) is 7.72. The van der Waals surface area contributed by atoms with Crippen molar-refractivity contribution < 1.29 is 14.7 Å². The second kappa shape index (κ2) is 6.12. The van der Waals surface area contributed by atoms with Crippen LogP contribution in [0.25, 0.3) is 0 Å². The van der Waals surface area contributed by atoms with E-state index in [-0.39, 0.29) is 17.7 Å². The molecule has 4 N–H and O–H groups in total. The summed E-state index contributed by atoms with van der Waals surface area (Å²) in [4.78, 5) is 23.4. The van der Waals surface area contributed by atoms with Crippen LogP contribution in [0.3, 0.4) is 0 Å². The topological polar surface area (TPSA) is 92.4 Å². The van der Waals surface area contributed by atoms with Crippen LogP contribution < -0.4 is 11.1 Å². The van der Waals surface area contributed by atoms with Crippen LogP contribution in [-0.2, 0) is 9.59 Å². The standard InChI is InChI=1S/C15H26N2O3/c16-11-14(5-4-6-14)9-12(18)17-15(10-13(19)20)7-2-1-3-8-15/h1-11,16H2,(H,17,18)(H,19,20). The molecule has 0 spiro atoms. The Morgan fingerprint density at radius 1 is 1.00 bits per heavy atom. The molecule has 0 aromatic heterocycles. The van der Waals surface area contributed by atoms with E-state index in [4.69, 9.17) is 10.8 Å². The minimum atomic E-state index is -0.829. The lowest BCUT2D eigenvalue weighted by Gasteiger charge is -2.42. The van der Waals surface area contributed by atoms with E-state index in [1.807, 2.05) is 0 Å². The number of carbonyl (C=O) groups excluding carboxylic acids is 1. The molecule has 2 fully saturated rings. The fourth-order valence-corrected chi connectivity index (χ4v) is 3.67. The summed E-state index contributed by atoms with van der Waals surface area (Å²) in [5, 5.41) is 12.2. The number of aliphatic carboxylic acids is 1. The predicted octanol–water partition coefficient (Wildman–Crippen LogP) is 1.80. The van der Waals surface area contributed by atoms with Crippen LogP contribution in [0.5, 0.6) is 0 Å². The number of nitrogens with two attached hydrogens (primary N) is 1. The summed E-state index contributed by atoms with van der Waals surface area (Å²) in [7, 11) is 0. The van der Waals surface area contributed by atoms with E-state index < -0.39 is 11.5 Å². The first-order valence-electron chi connectivity index (χ1n) is 7.72. The second-order valence-electron chi connectivity index (χ2n) is 6.69. The van der Waals surface area contributed by atoms with E-state index in [0.717, 1.165) is 51.4 Å². The first-order chi connectivity index (χ1) is 9.49. The molecule has 0 heterocycles. The highest BCUT2D eigenvalue weighted by atomic mass is 16.4. The van der Waals surface area contributed by atoms with Crippen molar-refractivity contribution in [2.24, 2.45) is 11.1 Å². The van der Waals surface area contributed by atoms with Gasteiger partial charge >= 0.3 is 5.97 Å². The van der Waals surface area contributed by atoms with Gasteiger partial charge in [0.25, 0.3) is 0 Å². The monoisotopic (exact) mass is 282 g/mol. The molecular weight excluding hydrogens is 256 g/mol. The number of carbonyl (C=O) groups is 2. The van der Waals surface area contributed by atoms with Crippen LogP contribution >= 0.6 is 0 Å². The molecule has 2 rings (SSSR count). The van der Waals surface area contributed by atoms with Crippen LogP contribution in [0, 0.1) is 5.41 Å². The summed E-state index contributed by atoms with van der Waals surface area (Å²) in [5.41, 5.74) is 5.24. The van der Waals surface area contributed by atoms with Crippen molar-refractivity contribution in [3.05, 3.63) is 0 Å². The van der Waals surface area contributed by atoms with Crippen LogP contribution in [0.2, 0.25) is 0 Å². The molecule has 0 radical (unpaired) electrons. The van der Waals surface area contributed by atoms with Crippen molar-refractivity contribution >= 4 is 11.9 Å². The smallest absolute Gasteiger partial charge is 0.305 e. The van der Waals surface area contributed by atoms with Gasteiger partial charge in [-0.3, -0.25) is 9.59 Å². The predicted molar refractivity (Wildman–Crippen MR) is 76.2 cm³/mol. The van der Waals surface area contributed by atoms with Crippen molar-refractivity contribution in [1.82, 2.24) is 5.32 Å². The van der Waals surface area contributed by atoms with Crippen LogP contribution in [0.1, 0.15) is 64.2 Å². The molecule has 0 bridgehead atoms. The average Bonchev–Trinajstić information content (AvgIpc) is 2.33. The number of amides is 1. The molecule has 5 nitrogen and oxygen atoms in total. The normalized spacial score (nSPS) is 23.6. The molecule has 0 aromatic rings. The maximum atomic E-state index is 12.3. The van der Waals surface area contributed by atoms with Gasteiger partial charge in [-0.25, -0.2) is 0 Å². The summed E-state index contributed by atoms with van der Waals surface area (Å²) >= 11 is 0. The average molecular weight is 282 g/mol. The number of carboxylic acids is 1. The van der Waals surface area contributed by atoms with Crippen LogP contribution in [0.15, 0.2) is 0 Å². The van der Waals surface area contributed by atoms with Gasteiger partial charge in [-0.1, -0.05) is 25.7 Å². The van der Waals surface area contributed by atoms with Crippen molar-refractivity contribution in [3.8, 4) is 0 Å². The molecule has 0 unspecified atom stereocenters. The van der Waals surface area contributed by atoms with Gasteiger partial charge in [0.15, 0.2) is 0 Å². The first kappa shape index (κ1) is 15.3. The highest BCUT2D eigenvalue weighted by Crippen LogP contribution is 2.43. The Balaban J connectivity index is 1.96. The van der Waals surface area contributed by atoms with Gasteiger partial charge in [-0.05, 0) is 37.6 Å². The van der Waals surface area contributed by atoms with Crippen molar-refractivity contribution in [3.63, 3.8) is 0 Å². The van der Waals surface area contributed by atoms with E-state index in [1.165, 1.54) is 0 Å².